The summed E-state index contributed by atoms with van der Waals surface area (Å²) in [6.45, 7) is 9.65. The zero-order valence-corrected chi connectivity index (χ0v) is 24.3. The molecular weight excluding hydrogens is 552 g/mol. The first-order valence-electron chi connectivity index (χ1n) is 12.2. The topological polar surface area (TPSA) is 58.6 Å². The SMILES string of the molecule is Cc1cc(OCC(=O)N(Cc2ccc(Br)cc2)[C@@H](Cc2ccccc2)C(=O)NC(C)(C)C)cc(C)c1Cl. The van der Waals surface area contributed by atoms with Gasteiger partial charge in [0.25, 0.3) is 5.91 Å². The van der Waals surface area contributed by atoms with E-state index in [1.54, 1.807) is 4.90 Å². The van der Waals surface area contributed by atoms with Gasteiger partial charge in [-0.1, -0.05) is 70.0 Å². The van der Waals surface area contributed by atoms with Crippen molar-refractivity contribution in [2.24, 2.45) is 0 Å². The molecule has 0 aliphatic carbocycles. The summed E-state index contributed by atoms with van der Waals surface area (Å²) in [5.41, 5.74) is 3.18. The summed E-state index contributed by atoms with van der Waals surface area (Å²) in [5, 5.41) is 3.75. The zero-order valence-electron chi connectivity index (χ0n) is 22.0. The predicted molar refractivity (Wildman–Crippen MR) is 153 cm³/mol. The van der Waals surface area contributed by atoms with Crippen molar-refractivity contribution in [1.82, 2.24) is 10.2 Å². The Morgan fingerprint density at radius 3 is 2.14 bits per heavy atom. The lowest BCUT2D eigenvalue weighted by Gasteiger charge is -2.33. The molecule has 3 aromatic rings. The summed E-state index contributed by atoms with van der Waals surface area (Å²) in [5.74, 6) is 0.0771. The van der Waals surface area contributed by atoms with E-state index in [0.717, 1.165) is 26.7 Å². The van der Waals surface area contributed by atoms with Crippen LogP contribution in [0.2, 0.25) is 5.02 Å². The van der Waals surface area contributed by atoms with Crippen LogP contribution in [0.15, 0.2) is 71.2 Å². The number of carbonyl (C=O) groups excluding carboxylic acids is 2. The first kappa shape index (κ1) is 28.7. The van der Waals surface area contributed by atoms with E-state index in [1.165, 1.54) is 0 Å². The third-order valence-corrected chi connectivity index (χ3v) is 6.93. The fourth-order valence-electron chi connectivity index (χ4n) is 4.01. The van der Waals surface area contributed by atoms with E-state index in [1.807, 2.05) is 101 Å². The highest BCUT2D eigenvalue weighted by Gasteiger charge is 2.32. The van der Waals surface area contributed by atoms with Crippen LogP contribution in [-0.2, 0) is 22.6 Å². The molecule has 0 bridgehead atoms. The second-order valence-corrected chi connectivity index (χ2v) is 11.5. The van der Waals surface area contributed by atoms with Gasteiger partial charge in [-0.25, -0.2) is 0 Å². The van der Waals surface area contributed by atoms with Crippen molar-refractivity contribution in [3.8, 4) is 5.75 Å². The van der Waals surface area contributed by atoms with Crippen LogP contribution in [0.3, 0.4) is 0 Å². The van der Waals surface area contributed by atoms with Crippen molar-refractivity contribution in [3.63, 3.8) is 0 Å². The van der Waals surface area contributed by atoms with Gasteiger partial charge in [-0.05, 0) is 81.1 Å². The molecule has 0 spiro atoms. The van der Waals surface area contributed by atoms with Crippen molar-refractivity contribution in [2.75, 3.05) is 6.61 Å². The molecule has 0 unspecified atom stereocenters. The zero-order chi connectivity index (χ0) is 27.2. The standard InChI is InChI=1S/C30H34BrClN2O3/c1-20-15-25(16-21(2)28(20)32)37-19-27(35)34(18-23-11-13-24(31)14-12-23)26(29(36)33-30(3,4)5)17-22-9-7-6-8-10-22/h6-16,26H,17-19H2,1-5H3,(H,33,36)/t26-/m0/s1. The van der Waals surface area contributed by atoms with E-state index < -0.39 is 11.6 Å². The van der Waals surface area contributed by atoms with Crippen molar-refractivity contribution < 1.29 is 14.3 Å². The number of benzene rings is 3. The molecule has 3 rings (SSSR count). The van der Waals surface area contributed by atoms with Gasteiger partial charge in [-0.3, -0.25) is 9.59 Å². The van der Waals surface area contributed by atoms with E-state index in [0.29, 0.717) is 17.2 Å². The smallest absolute Gasteiger partial charge is 0.261 e. The maximum atomic E-state index is 13.7. The van der Waals surface area contributed by atoms with Gasteiger partial charge in [-0.2, -0.15) is 0 Å². The molecule has 0 aromatic heterocycles. The number of nitrogens with zero attached hydrogens (tertiary/aromatic N) is 1. The van der Waals surface area contributed by atoms with Crippen LogP contribution in [0.5, 0.6) is 5.75 Å². The molecule has 0 radical (unpaired) electrons. The van der Waals surface area contributed by atoms with Crippen molar-refractivity contribution in [2.45, 2.75) is 59.2 Å². The molecule has 2 amide bonds. The normalized spacial score (nSPS) is 12.1. The Balaban J connectivity index is 1.94. The summed E-state index contributed by atoms with van der Waals surface area (Å²) in [4.78, 5) is 28.9. The predicted octanol–water partition coefficient (Wildman–Crippen LogP) is 6.65. The van der Waals surface area contributed by atoms with Crippen LogP contribution in [0.25, 0.3) is 0 Å². The largest absolute Gasteiger partial charge is 0.484 e. The summed E-state index contributed by atoms with van der Waals surface area (Å²) < 4.78 is 6.86. The molecule has 0 aliphatic rings. The minimum Gasteiger partial charge on any atom is -0.484 e. The lowest BCUT2D eigenvalue weighted by molar-refractivity contribution is -0.143. The molecule has 1 atom stereocenters. The average Bonchev–Trinajstić information content (AvgIpc) is 2.83. The Morgan fingerprint density at radius 1 is 0.973 bits per heavy atom. The Kier molecular flexibility index (Phi) is 9.80. The van der Waals surface area contributed by atoms with E-state index in [2.05, 4.69) is 21.2 Å². The van der Waals surface area contributed by atoms with Crippen LogP contribution in [0, 0.1) is 13.8 Å². The lowest BCUT2D eigenvalue weighted by atomic mass is 10.0. The van der Waals surface area contributed by atoms with E-state index in [4.69, 9.17) is 16.3 Å². The van der Waals surface area contributed by atoms with Crippen LogP contribution < -0.4 is 10.1 Å². The number of carbonyl (C=O) groups is 2. The number of amides is 2. The number of aryl methyl sites for hydroxylation is 2. The molecule has 0 heterocycles. The van der Waals surface area contributed by atoms with E-state index >= 15 is 0 Å². The maximum Gasteiger partial charge on any atom is 0.261 e. The van der Waals surface area contributed by atoms with Crippen LogP contribution in [0.1, 0.15) is 43.0 Å². The Hall–Kier alpha value is -2.83. The van der Waals surface area contributed by atoms with Gasteiger partial charge >= 0.3 is 0 Å². The molecule has 37 heavy (non-hydrogen) atoms. The van der Waals surface area contributed by atoms with Crippen LogP contribution in [-0.4, -0.2) is 34.9 Å². The Morgan fingerprint density at radius 2 is 1.57 bits per heavy atom. The third kappa shape index (κ3) is 8.61. The van der Waals surface area contributed by atoms with Crippen molar-refractivity contribution >= 4 is 39.3 Å². The molecule has 0 saturated heterocycles. The van der Waals surface area contributed by atoms with Gasteiger partial charge in [0, 0.05) is 28.0 Å². The molecule has 196 valence electrons. The molecule has 1 N–H and O–H groups in total. The lowest BCUT2D eigenvalue weighted by Crippen LogP contribution is -2.55. The van der Waals surface area contributed by atoms with Crippen molar-refractivity contribution in [1.29, 1.82) is 0 Å². The fraction of sp³-hybridized carbons (Fsp3) is 0.333. The molecular formula is C30H34BrClN2O3. The summed E-state index contributed by atoms with van der Waals surface area (Å²) >= 11 is 9.76. The van der Waals surface area contributed by atoms with Gasteiger partial charge in [0.1, 0.15) is 11.8 Å². The van der Waals surface area contributed by atoms with E-state index in [-0.39, 0.29) is 25.0 Å². The van der Waals surface area contributed by atoms with Crippen LogP contribution >= 0.6 is 27.5 Å². The Bertz CT molecular complexity index is 1200. The maximum absolute atomic E-state index is 13.7. The molecule has 5 nitrogen and oxygen atoms in total. The first-order valence-corrected chi connectivity index (χ1v) is 13.4. The summed E-state index contributed by atoms with van der Waals surface area (Å²) in [7, 11) is 0. The van der Waals surface area contributed by atoms with E-state index in [9.17, 15) is 9.59 Å². The van der Waals surface area contributed by atoms with Crippen LogP contribution in [0.4, 0.5) is 0 Å². The monoisotopic (exact) mass is 584 g/mol. The van der Waals surface area contributed by atoms with Gasteiger partial charge in [0.15, 0.2) is 6.61 Å². The number of ether oxygens (including phenoxy) is 1. The highest BCUT2D eigenvalue weighted by molar-refractivity contribution is 9.10. The van der Waals surface area contributed by atoms with Gasteiger partial charge < -0.3 is 15.0 Å². The van der Waals surface area contributed by atoms with Gasteiger partial charge in [0.05, 0.1) is 0 Å². The van der Waals surface area contributed by atoms with Gasteiger partial charge in [0.2, 0.25) is 5.91 Å². The number of hydrogen-bond acceptors (Lipinski definition) is 3. The fourth-order valence-corrected chi connectivity index (χ4v) is 4.38. The average molecular weight is 586 g/mol. The first-order chi connectivity index (χ1) is 17.4. The second-order valence-electron chi connectivity index (χ2n) is 10.3. The molecule has 7 heteroatoms. The highest BCUT2D eigenvalue weighted by Crippen LogP contribution is 2.26. The number of nitrogens with one attached hydrogen (secondary N) is 1. The highest BCUT2D eigenvalue weighted by atomic mass is 79.9. The van der Waals surface area contributed by atoms with Crippen molar-refractivity contribution in [3.05, 3.63) is 98.5 Å². The molecule has 0 aliphatic heterocycles. The molecule has 3 aromatic carbocycles. The second kappa shape index (κ2) is 12.6. The third-order valence-electron chi connectivity index (χ3n) is 5.81. The Labute approximate surface area is 233 Å². The number of halogens is 2. The molecule has 0 fully saturated rings. The minimum absolute atomic E-state index is 0.203. The summed E-state index contributed by atoms with van der Waals surface area (Å²) in [6, 6.07) is 20.4. The molecule has 0 saturated carbocycles. The number of rotatable bonds is 9. The summed E-state index contributed by atoms with van der Waals surface area (Å²) in [6.07, 6.45) is 0.379. The number of hydrogen-bond donors (Lipinski definition) is 1. The minimum atomic E-state index is -0.727. The van der Waals surface area contributed by atoms with Gasteiger partial charge in [-0.15, -0.1) is 0 Å². The quantitative estimate of drug-likeness (QED) is 0.306.